The van der Waals surface area contributed by atoms with Gasteiger partial charge in [-0.25, -0.2) is 0 Å². The van der Waals surface area contributed by atoms with Crippen LogP contribution in [-0.2, 0) is 0 Å². The summed E-state index contributed by atoms with van der Waals surface area (Å²) in [6.07, 6.45) is -3.46. The molecule has 0 aromatic heterocycles. The van der Waals surface area contributed by atoms with Crippen LogP contribution >= 0.6 is 0 Å². The van der Waals surface area contributed by atoms with Gasteiger partial charge >= 0.3 is 6.18 Å². The Hall–Kier alpha value is -2.16. The van der Waals surface area contributed by atoms with E-state index in [1.54, 1.807) is 14.2 Å². The molecule has 1 aromatic carbocycles. The minimum Gasteiger partial charge on any atom is -0.495 e. The number of alkyl halides is 3. The van der Waals surface area contributed by atoms with Gasteiger partial charge in [-0.15, -0.1) is 0 Å². The molecule has 0 aliphatic carbocycles. The minimum atomic E-state index is -4.15. The van der Waals surface area contributed by atoms with Crippen molar-refractivity contribution in [1.29, 1.82) is 0 Å². The summed E-state index contributed by atoms with van der Waals surface area (Å²) < 4.78 is 43.2. The first-order valence-electron chi connectivity index (χ1n) is 9.55. The van der Waals surface area contributed by atoms with Gasteiger partial charge in [-0.1, -0.05) is 12.1 Å². The topological polar surface area (TPSA) is 43.3 Å². The number of likely N-dealkylation sites (tertiary alicyclic amines) is 1. The van der Waals surface area contributed by atoms with Gasteiger partial charge in [-0.05, 0) is 18.6 Å². The largest absolute Gasteiger partial charge is 0.495 e. The summed E-state index contributed by atoms with van der Waals surface area (Å²) in [7, 11) is 3.39. The number of piperazine rings is 1. The zero-order valence-electron chi connectivity index (χ0n) is 16.4. The van der Waals surface area contributed by atoms with Gasteiger partial charge in [0.2, 0.25) is 0 Å². The number of hydrogen-bond donors (Lipinski definition) is 1. The van der Waals surface area contributed by atoms with E-state index >= 15 is 0 Å². The van der Waals surface area contributed by atoms with Crippen molar-refractivity contribution in [3.63, 3.8) is 0 Å². The first-order valence-corrected chi connectivity index (χ1v) is 9.55. The molecule has 1 unspecified atom stereocenters. The van der Waals surface area contributed by atoms with Crippen LogP contribution in [0.25, 0.3) is 0 Å². The lowest BCUT2D eigenvalue weighted by molar-refractivity contribution is -0.143. The minimum absolute atomic E-state index is 0.00621. The fourth-order valence-corrected chi connectivity index (χ4v) is 3.88. The van der Waals surface area contributed by atoms with Crippen molar-refractivity contribution in [3.8, 4) is 5.75 Å². The van der Waals surface area contributed by atoms with Crippen molar-refractivity contribution in [2.24, 2.45) is 4.99 Å². The van der Waals surface area contributed by atoms with Gasteiger partial charge in [0.05, 0.1) is 19.3 Å². The monoisotopic (exact) mass is 399 g/mol. The van der Waals surface area contributed by atoms with Crippen molar-refractivity contribution < 1.29 is 17.9 Å². The predicted octanol–water partition coefficient (Wildman–Crippen LogP) is 2.03. The quantitative estimate of drug-likeness (QED) is 0.620. The van der Waals surface area contributed by atoms with E-state index in [9.17, 15) is 13.2 Å². The average Bonchev–Trinajstić information content (AvgIpc) is 3.11. The average molecular weight is 399 g/mol. The summed E-state index contributed by atoms with van der Waals surface area (Å²) in [5, 5.41) is 3.35. The Morgan fingerprint density at radius 1 is 1.18 bits per heavy atom. The molecule has 1 N–H and O–H groups in total. The van der Waals surface area contributed by atoms with E-state index in [1.165, 1.54) is 4.90 Å². The Kier molecular flexibility index (Phi) is 6.53. The summed E-state index contributed by atoms with van der Waals surface area (Å²) in [5.74, 6) is 1.62. The van der Waals surface area contributed by atoms with Crippen molar-refractivity contribution in [1.82, 2.24) is 15.1 Å². The van der Waals surface area contributed by atoms with E-state index < -0.39 is 12.7 Å². The molecule has 1 aromatic rings. The summed E-state index contributed by atoms with van der Waals surface area (Å²) in [6, 6.07) is 7.95. The molecule has 1 atom stereocenters. The second-order valence-corrected chi connectivity index (χ2v) is 7.17. The second-order valence-electron chi connectivity index (χ2n) is 7.17. The van der Waals surface area contributed by atoms with Crippen molar-refractivity contribution in [3.05, 3.63) is 24.3 Å². The molecule has 0 spiro atoms. The third-order valence-corrected chi connectivity index (χ3v) is 5.23. The van der Waals surface area contributed by atoms with Crippen molar-refractivity contribution >= 4 is 11.6 Å². The molecule has 6 nitrogen and oxygen atoms in total. The molecule has 9 heteroatoms. The molecular formula is C19H28F3N5O. The number of hydrogen-bond acceptors (Lipinski definition) is 4. The van der Waals surface area contributed by atoms with E-state index in [2.05, 4.69) is 26.2 Å². The van der Waals surface area contributed by atoms with E-state index in [0.29, 0.717) is 19.5 Å². The predicted molar refractivity (Wildman–Crippen MR) is 104 cm³/mol. The van der Waals surface area contributed by atoms with Gasteiger partial charge in [0.1, 0.15) is 5.75 Å². The molecule has 2 saturated heterocycles. The number of nitrogens with zero attached hydrogens (tertiary/aromatic N) is 4. The SMILES string of the molecule is CN=C(NC1CCN(CC(F)(F)F)C1)N1CCN(c2ccccc2OC)CC1. The first kappa shape index (κ1) is 20.6. The molecule has 0 radical (unpaired) electrons. The molecule has 2 heterocycles. The van der Waals surface area contributed by atoms with Crippen LogP contribution in [0.3, 0.4) is 0 Å². The lowest BCUT2D eigenvalue weighted by Gasteiger charge is -2.38. The van der Waals surface area contributed by atoms with Crippen LogP contribution < -0.4 is 15.0 Å². The number of ether oxygens (including phenoxy) is 1. The van der Waals surface area contributed by atoms with E-state index in [4.69, 9.17) is 4.74 Å². The molecule has 0 amide bonds. The molecular weight excluding hydrogens is 371 g/mol. The molecule has 2 aliphatic rings. The molecule has 156 valence electrons. The van der Waals surface area contributed by atoms with Crippen LogP contribution in [0.2, 0.25) is 0 Å². The van der Waals surface area contributed by atoms with Crippen LogP contribution in [0.5, 0.6) is 5.75 Å². The normalized spacial score (nSPS) is 21.9. The number of methoxy groups -OCH3 is 1. The molecule has 0 saturated carbocycles. The number of guanidine groups is 1. The Labute approximate surface area is 163 Å². The second kappa shape index (κ2) is 8.89. The fraction of sp³-hybridized carbons (Fsp3) is 0.632. The number of rotatable bonds is 4. The Bertz CT molecular complexity index is 674. The maximum absolute atomic E-state index is 12.6. The maximum atomic E-state index is 12.6. The Balaban J connectivity index is 1.52. The molecule has 2 fully saturated rings. The molecule has 2 aliphatic heterocycles. The zero-order chi connectivity index (χ0) is 20.1. The van der Waals surface area contributed by atoms with Crippen molar-refractivity contribution in [2.75, 3.05) is 64.9 Å². The van der Waals surface area contributed by atoms with Crippen LogP contribution in [0.1, 0.15) is 6.42 Å². The number of aliphatic imine (C=N–C) groups is 1. The van der Waals surface area contributed by atoms with Gasteiger partial charge in [0, 0.05) is 52.4 Å². The van der Waals surface area contributed by atoms with Crippen LogP contribution in [0.15, 0.2) is 29.3 Å². The van der Waals surface area contributed by atoms with Crippen molar-refractivity contribution in [2.45, 2.75) is 18.6 Å². The highest BCUT2D eigenvalue weighted by Crippen LogP contribution is 2.28. The highest BCUT2D eigenvalue weighted by molar-refractivity contribution is 5.80. The number of para-hydroxylation sites is 2. The van der Waals surface area contributed by atoms with Gasteiger partial charge in [0.15, 0.2) is 5.96 Å². The summed E-state index contributed by atoms with van der Waals surface area (Å²) in [4.78, 5) is 10.2. The summed E-state index contributed by atoms with van der Waals surface area (Å²) in [6.45, 7) is 3.22. The van der Waals surface area contributed by atoms with E-state index in [0.717, 1.165) is 43.6 Å². The van der Waals surface area contributed by atoms with Crippen LogP contribution in [0, 0.1) is 0 Å². The van der Waals surface area contributed by atoms with Crippen LogP contribution in [-0.4, -0.2) is 87.9 Å². The molecule has 28 heavy (non-hydrogen) atoms. The van der Waals surface area contributed by atoms with E-state index in [1.807, 2.05) is 18.2 Å². The Morgan fingerprint density at radius 2 is 1.89 bits per heavy atom. The van der Waals surface area contributed by atoms with Gasteiger partial charge in [0.25, 0.3) is 0 Å². The van der Waals surface area contributed by atoms with Crippen LogP contribution in [0.4, 0.5) is 18.9 Å². The third kappa shape index (κ3) is 5.21. The van der Waals surface area contributed by atoms with Gasteiger partial charge < -0.3 is 19.9 Å². The summed E-state index contributed by atoms with van der Waals surface area (Å²) >= 11 is 0. The summed E-state index contributed by atoms with van der Waals surface area (Å²) in [5.41, 5.74) is 1.08. The maximum Gasteiger partial charge on any atom is 0.401 e. The third-order valence-electron chi connectivity index (χ3n) is 5.23. The Morgan fingerprint density at radius 3 is 2.54 bits per heavy atom. The highest BCUT2D eigenvalue weighted by atomic mass is 19.4. The molecule has 0 bridgehead atoms. The fourth-order valence-electron chi connectivity index (χ4n) is 3.88. The lowest BCUT2D eigenvalue weighted by Crippen LogP contribution is -2.54. The first-order chi connectivity index (χ1) is 13.4. The number of anilines is 1. The zero-order valence-corrected chi connectivity index (χ0v) is 16.4. The smallest absolute Gasteiger partial charge is 0.401 e. The highest BCUT2D eigenvalue weighted by Gasteiger charge is 2.35. The molecule has 3 rings (SSSR count). The van der Waals surface area contributed by atoms with Gasteiger partial charge in [-0.3, -0.25) is 9.89 Å². The number of nitrogens with one attached hydrogen (secondary N) is 1. The standard InChI is InChI=1S/C19H28F3N5O/c1-23-18(24-15-7-8-25(13-15)14-19(20,21)22)27-11-9-26(10-12-27)16-5-3-4-6-17(16)28-2/h3-6,15H,7-14H2,1-2H3,(H,23,24). The lowest BCUT2D eigenvalue weighted by atomic mass is 10.2. The van der Waals surface area contributed by atoms with E-state index in [-0.39, 0.29) is 6.04 Å². The van der Waals surface area contributed by atoms with Gasteiger partial charge in [-0.2, -0.15) is 13.2 Å². The number of benzene rings is 1. The number of halogens is 3.